The van der Waals surface area contributed by atoms with E-state index in [9.17, 15) is 9.13 Å². The second kappa shape index (κ2) is 5.15. The molecule has 6 nitrogen and oxygen atoms in total. The average Bonchev–Trinajstić information content (AvgIpc) is 2.40. The van der Waals surface area contributed by atoms with Crippen LogP contribution in [0.5, 0.6) is 0 Å². The van der Waals surface area contributed by atoms with Crippen molar-refractivity contribution >= 4 is 38.3 Å². The van der Waals surface area contributed by atoms with Crippen molar-refractivity contribution < 1.29 is 28.7 Å². The molecule has 17 heavy (non-hydrogen) atoms. The zero-order chi connectivity index (χ0) is 13.4. The highest BCUT2D eigenvalue weighted by atomic mass is 32.2. The number of aryl methyl sites for hydroxylation is 1. The molecule has 0 aliphatic rings. The van der Waals surface area contributed by atoms with Gasteiger partial charge < -0.3 is 19.6 Å². The molecule has 10 heteroatoms. The van der Waals surface area contributed by atoms with Crippen molar-refractivity contribution in [2.45, 2.75) is 22.8 Å². The SMILES string of the molecule is Cc1csc(SC(P(=O)(O)O)P(=O)(O)O)c1C. The second-order valence-electron chi connectivity index (χ2n) is 3.45. The maximum absolute atomic E-state index is 11.1. The Kier molecular flexibility index (Phi) is 4.67. The molecule has 0 fully saturated rings. The van der Waals surface area contributed by atoms with Crippen LogP contribution in [0.2, 0.25) is 0 Å². The first-order chi connectivity index (χ1) is 7.53. The molecule has 0 saturated heterocycles. The van der Waals surface area contributed by atoms with Crippen molar-refractivity contribution in [2.75, 3.05) is 0 Å². The van der Waals surface area contributed by atoms with Gasteiger partial charge in [0.1, 0.15) is 0 Å². The maximum Gasteiger partial charge on any atom is 0.351 e. The molecule has 0 amide bonds. The summed E-state index contributed by atoms with van der Waals surface area (Å²) in [6.45, 7) is 3.56. The Hall–Kier alpha value is 0.350. The summed E-state index contributed by atoms with van der Waals surface area (Å²) in [4.78, 5) is 35.9. The Balaban J connectivity index is 3.09. The van der Waals surface area contributed by atoms with Crippen LogP contribution in [0.3, 0.4) is 0 Å². The van der Waals surface area contributed by atoms with Crippen LogP contribution in [0.1, 0.15) is 11.1 Å². The van der Waals surface area contributed by atoms with Gasteiger partial charge in [0.2, 0.25) is 4.73 Å². The normalized spacial score (nSPS) is 13.4. The molecule has 0 spiro atoms. The molecule has 0 bridgehead atoms. The Morgan fingerprint density at radius 2 is 1.65 bits per heavy atom. The first-order valence-electron chi connectivity index (χ1n) is 4.35. The summed E-state index contributed by atoms with van der Waals surface area (Å²) >= 11 is 1.76. The molecule has 0 saturated carbocycles. The van der Waals surface area contributed by atoms with Crippen LogP contribution in [0.15, 0.2) is 9.59 Å². The molecule has 1 heterocycles. The lowest BCUT2D eigenvalue weighted by Gasteiger charge is -2.18. The van der Waals surface area contributed by atoms with E-state index in [0.717, 1.165) is 11.1 Å². The molecular formula is C7H12O6P2S2. The van der Waals surface area contributed by atoms with Gasteiger partial charge in [-0.15, -0.1) is 11.3 Å². The average molecular weight is 318 g/mol. The van der Waals surface area contributed by atoms with Crippen LogP contribution in [-0.4, -0.2) is 24.3 Å². The van der Waals surface area contributed by atoms with Gasteiger partial charge in [-0.25, -0.2) is 0 Å². The van der Waals surface area contributed by atoms with Gasteiger partial charge in [-0.1, -0.05) is 11.8 Å². The number of thioether (sulfide) groups is 1. The summed E-state index contributed by atoms with van der Waals surface area (Å²) < 4.78 is 20.7. The summed E-state index contributed by atoms with van der Waals surface area (Å²) in [6, 6.07) is 0. The minimum atomic E-state index is -4.87. The van der Waals surface area contributed by atoms with Crippen LogP contribution >= 0.6 is 38.3 Å². The largest absolute Gasteiger partial charge is 0.351 e. The van der Waals surface area contributed by atoms with Gasteiger partial charge in [-0.2, -0.15) is 0 Å². The lowest BCUT2D eigenvalue weighted by atomic mass is 10.2. The van der Waals surface area contributed by atoms with Crippen molar-refractivity contribution in [1.29, 1.82) is 0 Å². The summed E-state index contributed by atoms with van der Waals surface area (Å²) in [6.07, 6.45) is 0. The van der Waals surface area contributed by atoms with Gasteiger partial charge in [-0.05, 0) is 30.4 Å². The van der Waals surface area contributed by atoms with E-state index in [0.29, 0.717) is 16.0 Å². The zero-order valence-corrected chi connectivity index (χ0v) is 12.4. The summed E-state index contributed by atoms with van der Waals surface area (Å²) in [7, 11) is -9.73. The summed E-state index contributed by atoms with van der Waals surface area (Å²) in [5, 5.41) is 1.77. The number of thiophene rings is 1. The van der Waals surface area contributed by atoms with Gasteiger partial charge in [0.05, 0.1) is 4.21 Å². The van der Waals surface area contributed by atoms with Crippen LogP contribution < -0.4 is 0 Å². The standard InChI is InChI=1S/C7H12O6P2S2/c1-4-3-16-6(5(4)2)17-7(14(8,9)10)15(11,12)13/h3,7H,1-2H3,(H2,8,9,10)(H2,11,12,13). The highest BCUT2D eigenvalue weighted by Crippen LogP contribution is 2.66. The third kappa shape index (κ3) is 3.91. The fraction of sp³-hybridized carbons (Fsp3) is 0.429. The van der Waals surface area contributed by atoms with Crippen molar-refractivity contribution in [1.82, 2.24) is 0 Å². The van der Waals surface area contributed by atoms with Crippen LogP contribution in [0, 0.1) is 13.8 Å². The van der Waals surface area contributed by atoms with Crippen molar-refractivity contribution in [3.8, 4) is 0 Å². The van der Waals surface area contributed by atoms with Crippen molar-refractivity contribution in [3.63, 3.8) is 0 Å². The molecule has 1 aromatic heterocycles. The molecule has 0 unspecified atom stereocenters. The van der Waals surface area contributed by atoms with E-state index in [2.05, 4.69) is 0 Å². The number of hydrogen-bond donors (Lipinski definition) is 4. The Morgan fingerprint density at radius 3 is 1.94 bits per heavy atom. The van der Waals surface area contributed by atoms with Crippen LogP contribution in [0.4, 0.5) is 0 Å². The lowest BCUT2D eigenvalue weighted by molar-refractivity contribution is 0.352. The topological polar surface area (TPSA) is 115 Å². The Bertz CT molecular complexity index is 478. The van der Waals surface area contributed by atoms with Crippen molar-refractivity contribution in [2.24, 2.45) is 0 Å². The molecule has 0 aliphatic heterocycles. The Morgan fingerprint density at radius 1 is 1.18 bits per heavy atom. The highest BCUT2D eigenvalue weighted by Gasteiger charge is 2.44. The molecule has 0 atom stereocenters. The molecule has 0 aromatic carbocycles. The lowest BCUT2D eigenvalue weighted by Crippen LogP contribution is -2.04. The predicted octanol–water partition coefficient (Wildman–Crippen LogP) is 2.10. The van der Waals surface area contributed by atoms with E-state index < -0.39 is 19.9 Å². The van der Waals surface area contributed by atoms with Gasteiger partial charge in [0.25, 0.3) is 0 Å². The van der Waals surface area contributed by atoms with Gasteiger partial charge in [-0.3, -0.25) is 9.13 Å². The first-order valence-corrected chi connectivity index (χ1v) is 9.47. The van der Waals surface area contributed by atoms with E-state index in [1.54, 1.807) is 12.3 Å². The quantitative estimate of drug-likeness (QED) is 0.496. The minimum absolute atomic E-state index is 0.513. The van der Waals surface area contributed by atoms with Gasteiger partial charge >= 0.3 is 15.2 Å². The molecule has 1 rings (SSSR count). The summed E-state index contributed by atoms with van der Waals surface area (Å²) in [5.74, 6) is 0. The summed E-state index contributed by atoms with van der Waals surface area (Å²) in [5.41, 5.74) is 1.71. The third-order valence-corrected chi connectivity index (χ3v) is 9.56. The third-order valence-electron chi connectivity index (χ3n) is 2.03. The Labute approximate surface area is 106 Å². The predicted molar refractivity (Wildman–Crippen MR) is 67.5 cm³/mol. The van der Waals surface area contributed by atoms with Crippen molar-refractivity contribution in [3.05, 3.63) is 16.5 Å². The molecule has 0 radical (unpaired) electrons. The van der Waals surface area contributed by atoms with E-state index in [1.807, 2.05) is 6.92 Å². The van der Waals surface area contributed by atoms with E-state index in [1.165, 1.54) is 11.3 Å². The van der Waals surface area contributed by atoms with Gasteiger partial charge in [0, 0.05) is 0 Å². The molecule has 1 aromatic rings. The smallest absolute Gasteiger partial charge is 0.323 e. The monoisotopic (exact) mass is 318 g/mol. The number of hydrogen-bond acceptors (Lipinski definition) is 4. The maximum atomic E-state index is 11.1. The second-order valence-corrected chi connectivity index (χ2v) is 10.2. The minimum Gasteiger partial charge on any atom is -0.323 e. The van der Waals surface area contributed by atoms with Crippen LogP contribution in [-0.2, 0) is 9.13 Å². The van der Waals surface area contributed by atoms with E-state index in [4.69, 9.17) is 19.6 Å². The zero-order valence-electron chi connectivity index (χ0n) is 8.97. The fourth-order valence-electron chi connectivity index (χ4n) is 1.02. The molecule has 0 aliphatic carbocycles. The first kappa shape index (κ1) is 15.4. The van der Waals surface area contributed by atoms with E-state index in [-0.39, 0.29) is 0 Å². The van der Waals surface area contributed by atoms with Gasteiger partial charge in [0.15, 0.2) is 0 Å². The fourth-order valence-corrected chi connectivity index (χ4v) is 6.73. The van der Waals surface area contributed by atoms with E-state index >= 15 is 0 Å². The number of rotatable bonds is 4. The highest BCUT2D eigenvalue weighted by molar-refractivity contribution is 8.13. The molecule has 98 valence electrons. The molecule has 4 N–H and O–H groups in total. The molecular weight excluding hydrogens is 306 g/mol. The van der Waals surface area contributed by atoms with Crippen LogP contribution in [0.25, 0.3) is 0 Å².